The number of benzene rings is 1. The number of hydrogen-bond acceptors (Lipinski definition) is 5. The van der Waals surface area contributed by atoms with Gasteiger partial charge in [0.1, 0.15) is 5.75 Å². The Morgan fingerprint density at radius 1 is 1.07 bits per heavy atom. The molecule has 3 aromatic rings. The third-order valence-electron chi connectivity index (χ3n) is 3.31. The molecule has 0 atom stereocenters. The minimum atomic E-state index is -4.59. The lowest BCUT2D eigenvalue weighted by molar-refractivity contribution is -0.253. The molecule has 146 valence electrons. The van der Waals surface area contributed by atoms with Crippen LogP contribution in [0.25, 0.3) is 10.4 Å². The first-order valence-electron chi connectivity index (χ1n) is 7.73. The molecule has 0 aliphatic rings. The van der Waals surface area contributed by atoms with Crippen LogP contribution in [-0.2, 0) is 0 Å². The zero-order chi connectivity index (χ0) is 20.1. The first kappa shape index (κ1) is 19.5. The minimum absolute atomic E-state index is 0.246. The Balaban J connectivity index is 1.57. The highest BCUT2D eigenvalue weighted by atomic mass is 32.1. The number of urea groups is 1. The first-order valence-corrected chi connectivity index (χ1v) is 8.54. The molecule has 0 spiro atoms. The Bertz CT molecular complexity index is 936. The van der Waals surface area contributed by atoms with E-state index < -0.39 is 24.3 Å². The van der Waals surface area contributed by atoms with Crippen molar-refractivity contribution in [3.05, 3.63) is 55.0 Å². The molecule has 0 saturated carbocycles. The summed E-state index contributed by atoms with van der Waals surface area (Å²) in [7, 11) is 0. The van der Waals surface area contributed by atoms with E-state index in [9.17, 15) is 22.4 Å². The van der Waals surface area contributed by atoms with E-state index in [0.717, 1.165) is 22.6 Å². The van der Waals surface area contributed by atoms with E-state index in [1.807, 2.05) is 0 Å². The molecule has 0 saturated heterocycles. The summed E-state index contributed by atoms with van der Waals surface area (Å²) < 4.78 is 53.9. The van der Waals surface area contributed by atoms with E-state index >= 15 is 0 Å². The summed E-state index contributed by atoms with van der Waals surface area (Å²) in [5.74, 6) is -0.460. The summed E-state index contributed by atoms with van der Waals surface area (Å²) in [6, 6.07) is 7.55. The van der Waals surface area contributed by atoms with Gasteiger partial charge in [-0.1, -0.05) is 11.3 Å². The third-order valence-corrected chi connectivity index (χ3v) is 4.27. The molecule has 2 amide bonds. The van der Waals surface area contributed by atoms with Crippen LogP contribution < -0.4 is 15.4 Å². The van der Waals surface area contributed by atoms with E-state index in [4.69, 9.17) is 0 Å². The number of carbonyl (C=O) groups is 1. The second-order valence-corrected chi connectivity index (χ2v) is 6.36. The Hall–Kier alpha value is -3.21. The molecule has 3 rings (SSSR count). The summed E-state index contributed by atoms with van der Waals surface area (Å²) in [5, 5.41) is 5.36. The molecule has 2 N–H and O–H groups in total. The summed E-state index contributed by atoms with van der Waals surface area (Å²) in [6.07, 6.45) is -3.67. The molecular formula is C17H12F4N4O2S. The van der Waals surface area contributed by atoms with Gasteiger partial charge in [-0.05, 0) is 42.0 Å². The second kappa shape index (κ2) is 8.21. The van der Waals surface area contributed by atoms with Crippen LogP contribution in [0.5, 0.6) is 5.75 Å². The van der Waals surface area contributed by atoms with Crippen molar-refractivity contribution in [2.24, 2.45) is 0 Å². The number of hydrogen-bond donors (Lipinski definition) is 2. The van der Waals surface area contributed by atoms with Crippen molar-refractivity contribution in [3.8, 4) is 16.2 Å². The van der Waals surface area contributed by atoms with Crippen LogP contribution in [0, 0.1) is 0 Å². The van der Waals surface area contributed by atoms with E-state index in [1.165, 1.54) is 23.5 Å². The van der Waals surface area contributed by atoms with Gasteiger partial charge >= 0.3 is 18.6 Å². The Labute approximate surface area is 160 Å². The van der Waals surface area contributed by atoms with Crippen LogP contribution in [-0.4, -0.2) is 28.5 Å². The maximum atomic E-state index is 12.8. The zero-order valence-corrected chi connectivity index (χ0v) is 14.7. The maximum absolute atomic E-state index is 12.8. The van der Waals surface area contributed by atoms with Crippen molar-refractivity contribution in [2.75, 3.05) is 10.6 Å². The Morgan fingerprint density at radius 3 is 2.39 bits per heavy atom. The smallest absolute Gasteiger partial charge is 0.428 e. The fourth-order valence-corrected chi connectivity index (χ4v) is 2.87. The fourth-order valence-electron chi connectivity index (χ4n) is 2.05. The van der Waals surface area contributed by atoms with Crippen molar-refractivity contribution >= 4 is 28.2 Å². The standard InChI is InChI=1S/C17H12F4N4O2S/c18-14(19)17(20,21)27-12-3-1-11(2-4-12)24-15(26)25-16-23-9-13(28-16)10-5-7-22-8-6-10/h1-9,14H,(H2,23,24,25,26). The number of rotatable bonds is 6. The van der Waals surface area contributed by atoms with Gasteiger partial charge in [0.2, 0.25) is 0 Å². The lowest BCUT2D eigenvalue weighted by atomic mass is 10.2. The number of thiazole rings is 1. The average Bonchev–Trinajstić information content (AvgIpc) is 3.12. The lowest BCUT2D eigenvalue weighted by Crippen LogP contribution is -2.33. The quantitative estimate of drug-likeness (QED) is 0.553. The molecule has 0 aliphatic heterocycles. The molecule has 11 heteroatoms. The van der Waals surface area contributed by atoms with Crippen molar-refractivity contribution in [2.45, 2.75) is 12.5 Å². The van der Waals surface area contributed by atoms with E-state index in [-0.39, 0.29) is 5.69 Å². The Kier molecular flexibility index (Phi) is 5.73. The molecule has 1 aromatic carbocycles. The molecule has 0 radical (unpaired) electrons. The maximum Gasteiger partial charge on any atom is 0.461 e. The van der Waals surface area contributed by atoms with Gasteiger partial charge < -0.3 is 10.1 Å². The van der Waals surface area contributed by atoms with Crippen molar-refractivity contribution in [1.82, 2.24) is 9.97 Å². The summed E-state index contributed by atoms with van der Waals surface area (Å²) in [6.45, 7) is 0. The monoisotopic (exact) mass is 412 g/mol. The highest BCUT2D eigenvalue weighted by molar-refractivity contribution is 7.19. The fraction of sp³-hybridized carbons (Fsp3) is 0.118. The van der Waals surface area contributed by atoms with E-state index in [1.54, 1.807) is 30.7 Å². The number of carbonyl (C=O) groups excluding carboxylic acids is 1. The van der Waals surface area contributed by atoms with Gasteiger partial charge in [0.25, 0.3) is 0 Å². The molecule has 2 heterocycles. The lowest BCUT2D eigenvalue weighted by Gasteiger charge is -2.16. The summed E-state index contributed by atoms with van der Waals surface area (Å²) in [4.78, 5) is 20.9. The highest BCUT2D eigenvalue weighted by Crippen LogP contribution is 2.29. The number of aromatic nitrogens is 2. The molecule has 6 nitrogen and oxygen atoms in total. The number of ether oxygens (including phenoxy) is 1. The number of pyridine rings is 1. The molecular weight excluding hydrogens is 400 g/mol. The number of alkyl halides is 4. The largest absolute Gasteiger partial charge is 0.461 e. The second-order valence-electron chi connectivity index (χ2n) is 5.33. The van der Waals surface area contributed by atoms with Gasteiger partial charge in [-0.3, -0.25) is 10.3 Å². The average molecular weight is 412 g/mol. The summed E-state index contributed by atoms with van der Waals surface area (Å²) in [5.41, 5.74) is 1.15. The predicted octanol–water partition coefficient (Wildman–Crippen LogP) is 5.09. The number of amides is 2. The topological polar surface area (TPSA) is 76.1 Å². The molecule has 0 bridgehead atoms. The van der Waals surface area contributed by atoms with Gasteiger partial charge in [0.15, 0.2) is 5.13 Å². The van der Waals surface area contributed by atoms with Crippen molar-refractivity contribution < 1.29 is 27.1 Å². The van der Waals surface area contributed by atoms with Crippen LogP contribution in [0.15, 0.2) is 55.0 Å². The number of halogens is 4. The highest BCUT2D eigenvalue weighted by Gasteiger charge is 2.43. The van der Waals surface area contributed by atoms with Gasteiger partial charge in [-0.2, -0.15) is 17.6 Å². The number of nitrogens with one attached hydrogen (secondary N) is 2. The van der Waals surface area contributed by atoms with Crippen LogP contribution in [0.3, 0.4) is 0 Å². The summed E-state index contributed by atoms with van der Waals surface area (Å²) >= 11 is 1.25. The normalized spacial score (nSPS) is 11.3. The van der Waals surface area contributed by atoms with Crippen LogP contribution in [0.4, 0.5) is 33.2 Å². The molecule has 2 aromatic heterocycles. The Morgan fingerprint density at radius 2 is 1.75 bits per heavy atom. The van der Waals surface area contributed by atoms with E-state index in [0.29, 0.717) is 5.13 Å². The minimum Gasteiger partial charge on any atom is -0.428 e. The van der Waals surface area contributed by atoms with Gasteiger partial charge in [-0.25, -0.2) is 9.78 Å². The first-order chi connectivity index (χ1) is 13.3. The van der Waals surface area contributed by atoms with Gasteiger partial charge in [0, 0.05) is 24.3 Å². The SMILES string of the molecule is O=C(Nc1ccc(OC(F)(F)C(F)F)cc1)Nc1ncc(-c2ccncc2)s1. The molecule has 0 fully saturated rings. The zero-order valence-electron chi connectivity index (χ0n) is 13.9. The molecule has 28 heavy (non-hydrogen) atoms. The van der Waals surface area contributed by atoms with Gasteiger partial charge in [-0.15, -0.1) is 0 Å². The van der Waals surface area contributed by atoms with Crippen LogP contribution in [0.2, 0.25) is 0 Å². The van der Waals surface area contributed by atoms with Crippen LogP contribution >= 0.6 is 11.3 Å². The van der Waals surface area contributed by atoms with Crippen LogP contribution in [0.1, 0.15) is 0 Å². The molecule has 0 aliphatic carbocycles. The van der Waals surface area contributed by atoms with Crippen molar-refractivity contribution in [1.29, 1.82) is 0 Å². The van der Waals surface area contributed by atoms with Gasteiger partial charge in [0.05, 0.1) is 4.88 Å². The predicted molar refractivity (Wildman–Crippen MR) is 96.0 cm³/mol. The number of nitrogens with zero attached hydrogens (tertiary/aromatic N) is 2. The third kappa shape index (κ3) is 4.94. The van der Waals surface area contributed by atoms with Crippen molar-refractivity contribution in [3.63, 3.8) is 0 Å². The molecule has 0 unspecified atom stereocenters. The number of anilines is 2. The van der Waals surface area contributed by atoms with E-state index in [2.05, 4.69) is 25.3 Å².